The molecule has 13 heteroatoms. The number of nitrogens with zero attached hydrogens (tertiary/aromatic N) is 3. The smallest absolute Gasteiger partial charge is 0.412 e. The number of aromatic amines is 1. The molecule has 1 aromatic heterocycles. The van der Waals surface area contributed by atoms with E-state index in [2.05, 4.69) is 15.5 Å². The molecular formula is C25H30FN5O6S. The molecule has 1 atom stereocenters. The van der Waals surface area contributed by atoms with Crippen LogP contribution in [0.4, 0.5) is 20.6 Å². The van der Waals surface area contributed by atoms with E-state index in [0.29, 0.717) is 5.82 Å². The van der Waals surface area contributed by atoms with Crippen molar-refractivity contribution in [1.29, 1.82) is 0 Å². The zero-order valence-corrected chi connectivity index (χ0v) is 22.7. The maximum absolute atomic E-state index is 13.8. The fourth-order valence-corrected chi connectivity index (χ4v) is 5.62. The van der Waals surface area contributed by atoms with Gasteiger partial charge >= 0.3 is 11.8 Å². The molecule has 0 fully saturated rings. The van der Waals surface area contributed by atoms with Gasteiger partial charge in [-0.3, -0.25) is 14.2 Å². The number of aromatic nitrogens is 3. The van der Waals surface area contributed by atoms with E-state index in [1.807, 2.05) is 0 Å². The molecule has 4 rings (SSSR count). The van der Waals surface area contributed by atoms with Crippen molar-refractivity contribution in [3.63, 3.8) is 0 Å². The lowest BCUT2D eigenvalue weighted by molar-refractivity contribution is 0.0636. The lowest BCUT2D eigenvalue weighted by Gasteiger charge is -2.41. The molecule has 204 valence electrons. The van der Waals surface area contributed by atoms with Crippen molar-refractivity contribution in [3.05, 3.63) is 64.6 Å². The van der Waals surface area contributed by atoms with Gasteiger partial charge in [0.15, 0.2) is 0 Å². The van der Waals surface area contributed by atoms with E-state index < -0.39 is 44.7 Å². The quantitative estimate of drug-likeness (QED) is 0.499. The van der Waals surface area contributed by atoms with Crippen molar-refractivity contribution in [2.45, 2.75) is 56.6 Å². The number of carbonyl (C=O) groups is 1. The van der Waals surface area contributed by atoms with Crippen LogP contribution in [0, 0.1) is 5.82 Å². The van der Waals surface area contributed by atoms with Gasteiger partial charge in [-0.2, -0.15) is 5.10 Å². The van der Waals surface area contributed by atoms with E-state index in [4.69, 9.17) is 9.47 Å². The zero-order chi connectivity index (χ0) is 28.0. The van der Waals surface area contributed by atoms with Crippen LogP contribution in [0.2, 0.25) is 0 Å². The fraction of sp³-hybridized carbons (Fsp3) is 0.400. The summed E-state index contributed by atoms with van der Waals surface area (Å²) in [6.07, 6.45) is -1.48. The number of hydrogen-bond donors (Lipinski definition) is 2. The monoisotopic (exact) mass is 547 g/mol. The molecular weight excluding hydrogens is 517 g/mol. The van der Waals surface area contributed by atoms with Crippen LogP contribution < -0.4 is 20.0 Å². The second-order valence-electron chi connectivity index (χ2n) is 10.5. The Balaban J connectivity index is 1.79. The summed E-state index contributed by atoms with van der Waals surface area (Å²) in [5.74, 6) is 0.0298. The van der Waals surface area contributed by atoms with E-state index in [-0.39, 0.29) is 28.6 Å². The Morgan fingerprint density at radius 1 is 1.16 bits per heavy atom. The number of sulfonamides is 1. The molecule has 2 N–H and O–H groups in total. The number of anilines is 2. The maximum Gasteiger partial charge on any atom is 0.412 e. The van der Waals surface area contributed by atoms with E-state index in [1.54, 1.807) is 53.8 Å². The Morgan fingerprint density at radius 2 is 1.82 bits per heavy atom. The molecule has 0 radical (unpaired) electrons. The molecule has 11 nitrogen and oxygen atoms in total. The minimum absolute atomic E-state index is 0.124. The molecule has 0 spiro atoms. The number of rotatable bonds is 5. The van der Waals surface area contributed by atoms with Gasteiger partial charge in [0.25, 0.3) is 10.0 Å². The summed E-state index contributed by atoms with van der Waals surface area (Å²) in [6, 6.07) is 9.06. The lowest BCUT2D eigenvalue weighted by Crippen LogP contribution is -2.52. The van der Waals surface area contributed by atoms with Crippen LogP contribution in [0.3, 0.4) is 0 Å². The molecule has 2 aromatic carbocycles. The minimum Gasteiger partial charge on any atom is -0.485 e. The summed E-state index contributed by atoms with van der Waals surface area (Å²) >= 11 is 0. The molecule has 1 aliphatic heterocycles. The lowest BCUT2D eigenvalue weighted by atomic mass is 9.84. The SMILES string of the molecule is Cn1c(C(C)(C)C2CN(S(=O)(=O)c3ccc(F)cc3)c3cc(NC(=O)OC(C)(C)C)ccc3O2)n[nH]c1=O. The zero-order valence-electron chi connectivity index (χ0n) is 21.9. The second kappa shape index (κ2) is 9.46. The van der Waals surface area contributed by atoms with Crippen molar-refractivity contribution in [2.24, 2.45) is 7.05 Å². The molecule has 1 aliphatic rings. The number of amides is 1. The average molecular weight is 548 g/mol. The molecule has 0 saturated carbocycles. The van der Waals surface area contributed by atoms with Crippen molar-refractivity contribution < 1.29 is 27.1 Å². The summed E-state index contributed by atoms with van der Waals surface area (Å²) in [5.41, 5.74) is -1.61. The molecule has 1 unspecified atom stereocenters. The largest absolute Gasteiger partial charge is 0.485 e. The Hall–Kier alpha value is -3.87. The molecule has 3 aromatic rings. The normalized spacial score (nSPS) is 16.0. The predicted octanol–water partition coefficient (Wildman–Crippen LogP) is 3.53. The minimum atomic E-state index is -4.20. The first kappa shape index (κ1) is 27.2. The number of carbonyl (C=O) groups excluding carboxylic acids is 1. The summed E-state index contributed by atoms with van der Waals surface area (Å²) in [4.78, 5) is 24.2. The number of fused-ring (bicyclic) bond motifs is 1. The Kier molecular flexibility index (Phi) is 6.76. The van der Waals surface area contributed by atoms with Crippen molar-refractivity contribution in [1.82, 2.24) is 14.8 Å². The van der Waals surface area contributed by atoms with E-state index in [1.165, 1.54) is 22.8 Å². The van der Waals surface area contributed by atoms with Gasteiger partial charge in [-0.15, -0.1) is 0 Å². The highest BCUT2D eigenvalue weighted by Gasteiger charge is 2.44. The number of nitrogens with one attached hydrogen (secondary N) is 2. The van der Waals surface area contributed by atoms with Gasteiger partial charge < -0.3 is 9.47 Å². The fourth-order valence-electron chi connectivity index (χ4n) is 4.15. The van der Waals surface area contributed by atoms with Crippen molar-refractivity contribution in [2.75, 3.05) is 16.2 Å². The number of hydrogen-bond acceptors (Lipinski definition) is 7. The van der Waals surface area contributed by atoms with E-state index >= 15 is 0 Å². The van der Waals surface area contributed by atoms with Gasteiger partial charge in [-0.05, 0) is 77.1 Å². The van der Waals surface area contributed by atoms with Crippen LogP contribution in [0.15, 0.2) is 52.2 Å². The molecule has 0 saturated heterocycles. The molecule has 1 amide bonds. The van der Waals surface area contributed by atoms with Gasteiger partial charge in [0.2, 0.25) is 0 Å². The Bertz CT molecular complexity index is 1520. The third kappa shape index (κ3) is 5.23. The van der Waals surface area contributed by atoms with Gasteiger partial charge in [0.1, 0.15) is 29.1 Å². The van der Waals surface area contributed by atoms with Crippen LogP contribution in [0.1, 0.15) is 40.4 Å². The van der Waals surface area contributed by atoms with Gasteiger partial charge in [-0.25, -0.2) is 27.5 Å². The second-order valence-corrected chi connectivity index (χ2v) is 12.4. The van der Waals surface area contributed by atoms with E-state index in [9.17, 15) is 22.4 Å². The van der Waals surface area contributed by atoms with E-state index in [0.717, 1.165) is 16.4 Å². The van der Waals surface area contributed by atoms with Gasteiger partial charge in [0.05, 0.1) is 22.5 Å². The van der Waals surface area contributed by atoms with Crippen LogP contribution in [-0.4, -0.2) is 47.5 Å². The van der Waals surface area contributed by atoms with Crippen LogP contribution in [0.5, 0.6) is 5.75 Å². The number of halogens is 1. The predicted molar refractivity (Wildman–Crippen MR) is 139 cm³/mol. The summed E-state index contributed by atoms with van der Waals surface area (Å²) < 4.78 is 55.3. The van der Waals surface area contributed by atoms with Gasteiger partial charge in [0, 0.05) is 12.7 Å². The molecule has 38 heavy (non-hydrogen) atoms. The maximum atomic E-state index is 13.8. The number of H-pyrrole nitrogens is 1. The first-order valence-corrected chi connectivity index (χ1v) is 13.2. The summed E-state index contributed by atoms with van der Waals surface area (Å²) in [7, 11) is -2.64. The van der Waals surface area contributed by atoms with Crippen LogP contribution in [-0.2, 0) is 27.2 Å². The highest BCUT2D eigenvalue weighted by molar-refractivity contribution is 7.92. The summed E-state index contributed by atoms with van der Waals surface area (Å²) in [5, 5.41) is 9.13. The Morgan fingerprint density at radius 3 is 2.39 bits per heavy atom. The topological polar surface area (TPSA) is 136 Å². The average Bonchev–Trinajstić information content (AvgIpc) is 3.16. The van der Waals surface area contributed by atoms with Gasteiger partial charge in [-0.1, -0.05) is 0 Å². The molecule has 0 bridgehead atoms. The van der Waals surface area contributed by atoms with Crippen molar-refractivity contribution >= 4 is 27.5 Å². The van der Waals surface area contributed by atoms with Crippen LogP contribution >= 0.6 is 0 Å². The standard InChI is InChI=1S/C25H30FN5O6S/c1-24(2,3)37-23(33)27-16-9-12-19-18(13-16)31(38(34,35)17-10-7-15(26)8-11-17)14-20(36-19)25(4,5)21-28-29-22(32)30(21)6/h7-13,20H,14H2,1-6H3,(H,27,33)(H,29,32). The third-order valence-corrected chi connectivity index (χ3v) is 7.93. The molecule has 2 heterocycles. The summed E-state index contributed by atoms with van der Waals surface area (Å²) in [6.45, 7) is 8.60. The first-order valence-electron chi connectivity index (χ1n) is 11.8. The number of benzene rings is 2. The Labute approximate surface area is 219 Å². The first-order chi connectivity index (χ1) is 17.6. The highest BCUT2D eigenvalue weighted by Crippen LogP contribution is 2.42. The number of ether oxygens (including phenoxy) is 2. The van der Waals surface area contributed by atoms with Crippen LogP contribution in [0.25, 0.3) is 0 Å². The highest BCUT2D eigenvalue weighted by atomic mass is 32.2. The third-order valence-electron chi connectivity index (χ3n) is 6.14. The van der Waals surface area contributed by atoms with Crippen molar-refractivity contribution in [3.8, 4) is 5.75 Å². The molecule has 0 aliphatic carbocycles.